The highest BCUT2D eigenvalue weighted by molar-refractivity contribution is 5.89. The molecule has 2 amide bonds. The Kier molecular flexibility index (Phi) is 4.41. The fourth-order valence-corrected chi connectivity index (χ4v) is 2.33. The molecule has 0 unspecified atom stereocenters. The summed E-state index contributed by atoms with van der Waals surface area (Å²) >= 11 is 0. The van der Waals surface area contributed by atoms with Gasteiger partial charge in [0.2, 0.25) is 6.79 Å². The molecule has 0 fully saturated rings. The molecule has 1 aromatic carbocycles. The SMILES string of the molecule is CN(Cc1ccc2c(c1)OCO2)C(=O)Nc1ccc(N(C)C)nc1. The van der Waals surface area contributed by atoms with Crippen molar-refractivity contribution in [3.63, 3.8) is 0 Å². The van der Waals surface area contributed by atoms with Crippen LogP contribution in [0.1, 0.15) is 5.56 Å². The summed E-state index contributed by atoms with van der Waals surface area (Å²) in [5, 5.41) is 2.83. The number of fused-ring (bicyclic) bond motifs is 1. The molecular formula is C17H20N4O3. The van der Waals surface area contributed by atoms with E-state index in [4.69, 9.17) is 9.47 Å². The zero-order chi connectivity index (χ0) is 17.1. The van der Waals surface area contributed by atoms with Gasteiger partial charge in [0, 0.05) is 27.7 Å². The Bertz CT molecular complexity index is 731. The maximum atomic E-state index is 12.3. The molecule has 2 aromatic rings. The van der Waals surface area contributed by atoms with Crippen molar-refractivity contribution in [2.24, 2.45) is 0 Å². The van der Waals surface area contributed by atoms with E-state index in [9.17, 15) is 4.79 Å². The summed E-state index contributed by atoms with van der Waals surface area (Å²) in [6.45, 7) is 0.705. The minimum Gasteiger partial charge on any atom is -0.454 e. The van der Waals surface area contributed by atoms with E-state index in [-0.39, 0.29) is 12.8 Å². The molecule has 0 radical (unpaired) electrons. The van der Waals surface area contributed by atoms with Crippen LogP contribution in [0.2, 0.25) is 0 Å². The maximum absolute atomic E-state index is 12.3. The van der Waals surface area contributed by atoms with Crippen molar-refractivity contribution in [1.29, 1.82) is 0 Å². The molecule has 0 atom stereocenters. The molecule has 3 rings (SSSR count). The lowest BCUT2D eigenvalue weighted by molar-refractivity contribution is 0.174. The molecule has 1 N–H and O–H groups in total. The van der Waals surface area contributed by atoms with Crippen molar-refractivity contribution in [2.45, 2.75) is 6.54 Å². The van der Waals surface area contributed by atoms with Crippen LogP contribution in [0.15, 0.2) is 36.5 Å². The van der Waals surface area contributed by atoms with Gasteiger partial charge in [-0.05, 0) is 29.8 Å². The average molecular weight is 328 g/mol. The van der Waals surface area contributed by atoms with Gasteiger partial charge < -0.3 is 24.6 Å². The molecule has 0 saturated heterocycles. The molecule has 0 saturated carbocycles. The van der Waals surface area contributed by atoms with Gasteiger partial charge in [-0.25, -0.2) is 9.78 Å². The van der Waals surface area contributed by atoms with Crippen molar-refractivity contribution in [2.75, 3.05) is 38.2 Å². The molecule has 0 bridgehead atoms. The number of ether oxygens (including phenoxy) is 2. The van der Waals surface area contributed by atoms with Gasteiger partial charge in [0.15, 0.2) is 11.5 Å². The summed E-state index contributed by atoms with van der Waals surface area (Å²) < 4.78 is 10.6. The van der Waals surface area contributed by atoms with Crippen LogP contribution in [-0.4, -0.2) is 43.9 Å². The first kappa shape index (κ1) is 15.9. The smallest absolute Gasteiger partial charge is 0.321 e. The lowest BCUT2D eigenvalue weighted by Crippen LogP contribution is -2.30. The number of amides is 2. The number of urea groups is 1. The third kappa shape index (κ3) is 3.51. The van der Waals surface area contributed by atoms with Crippen molar-refractivity contribution >= 4 is 17.5 Å². The van der Waals surface area contributed by atoms with E-state index in [1.54, 1.807) is 18.1 Å². The number of hydrogen-bond acceptors (Lipinski definition) is 5. The highest BCUT2D eigenvalue weighted by Gasteiger charge is 2.15. The summed E-state index contributed by atoms with van der Waals surface area (Å²) in [4.78, 5) is 20.1. The molecule has 126 valence electrons. The number of hydrogen-bond donors (Lipinski definition) is 1. The first-order chi connectivity index (χ1) is 11.5. The summed E-state index contributed by atoms with van der Waals surface area (Å²) in [5.74, 6) is 2.28. The van der Waals surface area contributed by atoms with E-state index in [0.717, 1.165) is 17.1 Å². The number of rotatable bonds is 4. The molecule has 7 heteroatoms. The molecule has 2 heterocycles. The number of aromatic nitrogens is 1. The molecule has 0 spiro atoms. The molecule has 1 aliphatic heterocycles. The number of carbonyl (C=O) groups excluding carboxylic acids is 1. The van der Waals surface area contributed by atoms with Crippen LogP contribution in [0, 0.1) is 0 Å². The van der Waals surface area contributed by atoms with Gasteiger partial charge in [-0.15, -0.1) is 0 Å². The van der Waals surface area contributed by atoms with Crippen LogP contribution in [0.25, 0.3) is 0 Å². The molecule has 24 heavy (non-hydrogen) atoms. The van der Waals surface area contributed by atoms with Gasteiger partial charge in [-0.2, -0.15) is 0 Å². The van der Waals surface area contributed by atoms with E-state index in [2.05, 4.69) is 10.3 Å². The van der Waals surface area contributed by atoms with Gasteiger partial charge in [0.25, 0.3) is 0 Å². The highest BCUT2D eigenvalue weighted by atomic mass is 16.7. The second kappa shape index (κ2) is 6.66. The van der Waals surface area contributed by atoms with Crippen LogP contribution in [0.4, 0.5) is 16.3 Å². The first-order valence-corrected chi connectivity index (χ1v) is 7.57. The topological polar surface area (TPSA) is 66.9 Å². The van der Waals surface area contributed by atoms with E-state index in [0.29, 0.717) is 18.0 Å². The fourth-order valence-electron chi connectivity index (χ4n) is 2.33. The fraction of sp³-hybridized carbons (Fsp3) is 0.294. The number of benzene rings is 1. The Balaban J connectivity index is 1.60. The van der Waals surface area contributed by atoms with E-state index < -0.39 is 0 Å². The Morgan fingerprint density at radius 1 is 1.17 bits per heavy atom. The molecule has 7 nitrogen and oxygen atoms in total. The van der Waals surface area contributed by atoms with Crippen molar-refractivity contribution in [1.82, 2.24) is 9.88 Å². The van der Waals surface area contributed by atoms with Crippen molar-refractivity contribution in [3.05, 3.63) is 42.1 Å². The third-order valence-electron chi connectivity index (χ3n) is 3.66. The lowest BCUT2D eigenvalue weighted by Gasteiger charge is -2.18. The quantitative estimate of drug-likeness (QED) is 0.934. The zero-order valence-electron chi connectivity index (χ0n) is 13.9. The maximum Gasteiger partial charge on any atom is 0.321 e. The van der Waals surface area contributed by atoms with E-state index in [1.165, 1.54) is 0 Å². The largest absolute Gasteiger partial charge is 0.454 e. The number of nitrogens with zero attached hydrogens (tertiary/aromatic N) is 3. The predicted octanol–water partition coefficient (Wildman–Crippen LogP) is 2.54. The van der Waals surface area contributed by atoms with Crippen molar-refractivity contribution in [3.8, 4) is 11.5 Å². The first-order valence-electron chi connectivity index (χ1n) is 7.57. The Morgan fingerprint density at radius 3 is 2.67 bits per heavy atom. The van der Waals surface area contributed by atoms with Crippen LogP contribution < -0.4 is 19.7 Å². The standard InChI is InChI=1S/C17H20N4O3/c1-20(2)16-7-5-13(9-18-16)19-17(22)21(3)10-12-4-6-14-15(8-12)24-11-23-14/h4-9H,10-11H2,1-3H3,(H,19,22). The van der Waals surface area contributed by atoms with Gasteiger partial charge in [-0.3, -0.25) is 0 Å². The second-order valence-corrected chi connectivity index (χ2v) is 5.77. The van der Waals surface area contributed by atoms with E-state index in [1.807, 2.05) is 49.3 Å². The number of nitrogens with one attached hydrogen (secondary N) is 1. The minimum atomic E-state index is -0.202. The lowest BCUT2D eigenvalue weighted by atomic mass is 10.2. The number of carbonyl (C=O) groups is 1. The summed E-state index contributed by atoms with van der Waals surface area (Å²) in [6.07, 6.45) is 1.64. The van der Waals surface area contributed by atoms with Crippen LogP contribution >= 0.6 is 0 Å². The summed E-state index contributed by atoms with van der Waals surface area (Å²) in [7, 11) is 5.57. The molecular weight excluding hydrogens is 308 g/mol. The predicted molar refractivity (Wildman–Crippen MR) is 91.6 cm³/mol. The third-order valence-corrected chi connectivity index (χ3v) is 3.66. The normalized spacial score (nSPS) is 12.0. The summed E-state index contributed by atoms with van der Waals surface area (Å²) in [5.41, 5.74) is 1.63. The second-order valence-electron chi connectivity index (χ2n) is 5.77. The van der Waals surface area contributed by atoms with Gasteiger partial charge in [0.1, 0.15) is 5.82 Å². The Morgan fingerprint density at radius 2 is 1.96 bits per heavy atom. The zero-order valence-corrected chi connectivity index (χ0v) is 13.9. The average Bonchev–Trinajstić information content (AvgIpc) is 3.03. The van der Waals surface area contributed by atoms with Crippen LogP contribution in [0.3, 0.4) is 0 Å². The molecule has 1 aliphatic rings. The van der Waals surface area contributed by atoms with Crippen LogP contribution in [-0.2, 0) is 6.54 Å². The monoisotopic (exact) mass is 328 g/mol. The van der Waals surface area contributed by atoms with Crippen LogP contribution in [0.5, 0.6) is 11.5 Å². The highest BCUT2D eigenvalue weighted by Crippen LogP contribution is 2.32. The Hall–Kier alpha value is -2.96. The molecule has 1 aromatic heterocycles. The van der Waals surface area contributed by atoms with E-state index >= 15 is 0 Å². The number of pyridine rings is 1. The van der Waals surface area contributed by atoms with Gasteiger partial charge >= 0.3 is 6.03 Å². The number of anilines is 2. The van der Waals surface area contributed by atoms with Gasteiger partial charge in [0.05, 0.1) is 11.9 Å². The Labute approximate surface area is 140 Å². The van der Waals surface area contributed by atoms with Gasteiger partial charge in [-0.1, -0.05) is 6.07 Å². The molecule has 0 aliphatic carbocycles. The van der Waals surface area contributed by atoms with Crippen molar-refractivity contribution < 1.29 is 14.3 Å². The summed E-state index contributed by atoms with van der Waals surface area (Å²) in [6, 6.07) is 9.15. The minimum absolute atomic E-state index is 0.202.